The van der Waals surface area contributed by atoms with Crippen molar-refractivity contribution in [3.63, 3.8) is 0 Å². The zero-order valence-corrected chi connectivity index (χ0v) is 9.12. The predicted molar refractivity (Wildman–Crippen MR) is 52.8 cm³/mol. The highest BCUT2D eigenvalue weighted by molar-refractivity contribution is 9.10. The Bertz CT molecular complexity index is 287. The zero-order chi connectivity index (χ0) is 9.27. The van der Waals surface area contributed by atoms with Crippen molar-refractivity contribution in [2.24, 2.45) is 5.92 Å². The van der Waals surface area contributed by atoms with Gasteiger partial charge in [0.1, 0.15) is 0 Å². The second-order valence-electron chi connectivity index (χ2n) is 4.56. The van der Waals surface area contributed by atoms with Crippen LogP contribution in [0.15, 0.2) is 12.2 Å². The topological polar surface area (TPSA) is 29.5 Å². The Labute approximate surface area is 86.1 Å². The van der Waals surface area contributed by atoms with Crippen molar-refractivity contribution >= 4 is 15.9 Å². The van der Waals surface area contributed by atoms with Gasteiger partial charge in [0.05, 0.1) is 22.1 Å². The molecule has 3 heteroatoms. The first-order chi connectivity index (χ1) is 6.06. The van der Waals surface area contributed by atoms with E-state index in [0.717, 1.165) is 12.8 Å². The second kappa shape index (κ2) is 2.20. The molecule has 1 saturated heterocycles. The van der Waals surface area contributed by atoms with Gasteiger partial charge >= 0.3 is 0 Å². The number of ether oxygens (including phenoxy) is 1. The van der Waals surface area contributed by atoms with Gasteiger partial charge in [0.25, 0.3) is 0 Å². The van der Waals surface area contributed by atoms with Gasteiger partial charge in [0.2, 0.25) is 0 Å². The third kappa shape index (κ3) is 0.775. The summed E-state index contributed by atoms with van der Waals surface area (Å²) < 4.78 is 5.56. The normalized spacial score (nSPS) is 63.2. The quantitative estimate of drug-likeness (QED) is 0.519. The Morgan fingerprint density at radius 2 is 2.31 bits per heavy atom. The molecular weight excluding hydrogens is 232 g/mol. The molecule has 4 bridgehead atoms. The van der Waals surface area contributed by atoms with Crippen LogP contribution in [-0.2, 0) is 4.74 Å². The third-order valence-corrected chi connectivity index (χ3v) is 5.66. The predicted octanol–water partition coefficient (Wildman–Crippen LogP) is 1.62. The average molecular weight is 245 g/mol. The summed E-state index contributed by atoms with van der Waals surface area (Å²) in [4.78, 5) is 0. The summed E-state index contributed by atoms with van der Waals surface area (Å²) in [7, 11) is 0. The van der Waals surface area contributed by atoms with E-state index in [0.29, 0.717) is 0 Å². The van der Waals surface area contributed by atoms with E-state index in [9.17, 15) is 5.11 Å². The maximum absolute atomic E-state index is 10.4. The van der Waals surface area contributed by atoms with E-state index in [1.807, 2.05) is 6.92 Å². The maximum Gasteiger partial charge on any atom is 0.0946 e. The molecule has 2 heterocycles. The summed E-state index contributed by atoms with van der Waals surface area (Å²) in [6.45, 7) is 1.94. The van der Waals surface area contributed by atoms with Gasteiger partial charge in [0.15, 0.2) is 0 Å². The molecule has 72 valence electrons. The van der Waals surface area contributed by atoms with Crippen molar-refractivity contribution in [1.29, 1.82) is 0 Å². The molecule has 1 aliphatic carbocycles. The molecule has 0 aromatic heterocycles. The van der Waals surface area contributed by atoms with E-state index in [2.05, 4.69) is 28.1 Å². The number of alkyl halides is 1. The van der Waals surface area contributed by atoms with E-state index in [4.69, 9.17) is 4.74 Å². The molecule has 0 aromatic rings. The molecule has 3 rings (SSSR count). The first-order valence-electron chi connectivity index (χ1n) is 4.81. The molecule has 13 heavy (non-hydrogen) atoms. The van der Waals surface area contributed by atoms with Crippen LogP contribution < -0.4 is 0 Å². The smallest absolute Gasteiger partial charge is 0.0946 e. The summed E-state index contributed by atoms with van der Waals surface area (Å²) in [6, 6.07) is 0. The van der Waals surface area contributed by atoms with Crippen molar-refractivity contribution in [3.8, 4) is 0 Å². The molecule has 0 spiro atoms. The largest absolute Gasteiger partial charge is 0.388 e. The Balaban J connectivity index is 2.14. The van der Waals surface area contributed by atoms with Crippen LogP contribution >= 0.6 is 15.9 Å². The number of halogens is 1. The average Bonchev–Trinajstić information content (AvgIpc) is 2.51. The maximum atomic E-state index is 10.4. The summed E-state index contributed by atoms with van der Waals surface area (Å²) >= 11 is 3.69. The fourth-order valence-corrected chi connectivity index (χ4v) is 3.87. The van der Waals surface area contributed by atoms with Crippen molar-refractivity contribution in [3.05, 3.63) is 12.2 Å². The monoisotopic (exact) mass is 244 g/mol. The molecule has 0 amide bonds. The summed E-state index contributed by atoms with van der Waals surface area (Å²) in [5, 5.41) is 10.4. The van der Waals surface area contributed by atoms with Crippen molar-refractivity contribution in [2.75, 3.05) is 0 Å². The van der Waals surface area contributed by atoms with Gasteiger partial charge in [-0.15, -0.1) is 0 Å². The standard InChI is InChI=1S/C10H13BrO2/c1-9(12)6-4-5-10(9,11)8-3-2-7(6)13-8/h2-3,6-8,12H,4-5H2,1H3/t6-,7-,8+,9?,10-/m0/s1. The van der Waals surface area contributed by atoms with Crippen LogP contribution in [0.3, 0.4) is 0 Å². The number of aliphatic hydroxyl groups is 1. The van der Waals surface area contributed by atoms with E-state index in [1.165, 1.54) is 0 Å². The molecule has 2 aliphatic heterocycles. The van der Waals surface area contributed by atoms with Gasteiger partial charge in [-0.25, -0.2) is 0 Å². The van der Waals surface area contributed by atoms with Crippen molar-refractivity contribution in [1.82, 2.24) is 0 Å². The van der Waals surface area contributed by atoms with Crippen LogP contribution in [0.1, 0.15) is 19.8 Å². The van der Waals surface area contributed by atoms with Gasteiger partial charge < -0.3 is 9.84 Å². The number of hydrogen-bond donors (Lipinski definition) is 1. The minimum atomic E-state index is -0.621. The molecule has 1 saturated carbocycles. The Kier molecular flexibility index (Phi) is 1.43. The fraction of sp³-hybridized carbons (Fsp3) is 0.800. The summed E-state index contributed by atoms with van der Waals surface area (Å²) in [5.74, 6) is 0.266. The van der Waals surface area contributed by atoms with Gasteiger partial charge in [-0.05, 0) is 19.8 Å². The molecule has 2 nitrogen and oxygen atoms in total. The highest BCUT2D eigenvalue weighted by atomic mass is 79.9. The lowest BCUT2D eigenvalue weighted by atomic mass is 9.80. The van der Waals surface area contributed by atoms with Crippen LogP contribution in [0, 0.1) is 5.92 Å². The third-order valence-electron chi connectivity index (χ3n) is 4.01. The lowest BCUT2D eigenvalue weighted by Crippen LogP contribution is -2.59. The van der Waals surface area contributed by atoms with Crippen molar-refractivity contribution in [2.45, 2.75) is 41.9 Å². The second-order valence-corrected chi connectivity index (χ2v) is 5.98. The van der Waals surface area contributed by atoms with Gasteiger partial charge in [-0.3, -0.25) is 0 Å². The number of fused-ring (bicyclic) bond motifs is 6. The molecule has 1 unspecified atom stereocenters. The van der Waals surface area contributed by atoms with Crippen molar-refractivity contribution < 1.29 is 9.84 Å². The van der Waals surface area contributed by atoms with Crippen LogP contribution in [-0.4, -0.2) is 27.2 Å². The van der Waals surface area contributed by atoms with Gasteiger partial charge in [-0.2, -0.15) is 0 Å². The first kappa shape index (κ1) is 8.45. The Morgan fingerprint density at radius 3 is 3.08 bits per heavy atom. The minimum absolute atomic E-state index is 0.0613. The number of rotatable bonds is 0. The summed E-state index contributed by atoms with van der Waals surface area (Å²) in [6.07, 6.45) is 6.47. The molecule has 2 fully saturated rings. The molecule has 5 atom stereocenters. The Morgan fingerprint density at radius 1 is 1.54 bits per heavy atom. The van der Waals surface area contributed by atoms with Gasteiger partial charge in [-0.1, -0.05) is 28.1 Å². The highest BCUT2D eigenvalue weighted by Crippen LogP contribution is 2.59. The van der Waals surface area contributed by atoms with Crippen LogP contribution in [0.5, 0.6) is 0 Å². The van der Waals surface area contributed by atoms with E-state index < -0.39 is 5.60 Å². The SMILES string of the molecule is CC1(O)[C@H]2CC[C@]1(Br)[C@H]1C=C[C@@H]2O1. The molecule has 3 aliphatic rings. The van der Waals surface area contributed by atoms with Gasteiger partial charge in [0, 0.05) is 5.92 Å². The van der Waals surface area contributed by atoms with E-state index in [1.54, 1.807) is 0 Å². The van der Waals surface area contributed by atoms with Crippen LogP contribution in [0.25, 0.3) is 0 Å². The zero-order valence-electron chi connectivity index (χ0n) is 7.53. The van der Waals surface area contributed by atoms with E-state index >= 15 is 0 Å². The van der Waals surface area contributed by atoms with Crippen LogP contribution in [0.2, 0.25) is 0 Å². The lowest BCUT2D eigenvalue weighted by Gasteiger charge is -2.46. The molecule has 1 N–H and O–H groups in total. The summed E-state index contributed by atoms with van der Waals surface area (Å²) in [5.41, 5.74) is -0.621. The lowest BCUT2D eigenvalue weighted by molar-refractivity contribution is -0.135. The minimum Gasteiger partial charge on any atom is -0.388 e. The molecule has 0 radical (unpaired) electrons. The highest BCUT2D eigenvalue weighted by Gasteiger charge is 2.66. The molecule has 0 aromatic carbocycles. The molecular formula is C10H13BrO2. The fourth-order valence-electron chi connectivity index (χ4n) is 3.08. The Hall–Kier alpha value is 0.140. The number of hydrogen-bond acceptors (Lipinski definition) is 2. The van der Waals surface area contributed by atoms with Crippen LogP contribution in [0.4, 0.5) is 0 Å². The first-order valence-corrected chi connectivity index (χ1v) is 5.60. The van der Waals surface area contributed by atoms with E-state index in [-0.39, 0.29) is 22.5 Å².